The predicted molar refractivity (Wildman–Crippen MR) is 158 cm³/mol. The molecule has 1 saturated heterocycles. The van der Waals surface area contributed by atoms with E-state index in [4.69, 9.17) is 39.5 Å². The molecule has 206 valence electrons. The van der Waals surface area contributed by atoms with Gasteiger partial charge < -0.3 is 15.4 Å². The number of piperidine rings is 1. The summed E-state index contributed by atoms with van der Waals surface area (Å²) >= 11 is 19.4. The summed E-state index contributed by atoms with van der Waals surface area (Å²) in [6, 6.07) is 10.2. The van der Waals surface area contributed by atoms with Gasteiger partial charge in [0.05, 0.1) is 12.1 Å². The Balaban J connectivity index is 1.71. The van der Waals surface area contributed by atoms with E-state index < -0.39 is 11.5 Å². The first-order chi connectivity index (χ1) is 18.8. The zero-order valence-corrected chi connectivity index (χ0v) is 24.4. The minimum Gasteiger partial charge on any atom is -0.490 e. The number of anilines is 1. The van der Waals surface area contributed by atoms with E-state index in [0.29, 0.717) is 38.5 Å². The van der Waals surface area contributed by atoms with E-state index in [9.17, 15) is 9.59 Å². The van der Waals surface area contributed by atoms with Crippen LogP contribution in [0.2, 0.25) is 10.0 Å². The van der Waals surface area contributed by atoms with Gasteiger partial charge in [-0.05, 0) is 73.1 Å². The minimum atomic E-state index is -1.13. The van der Waals surface area contributed by atoms with E-state index in [0.717, 1.165) is 31.2 Å². The van der Waals surface area contributed by atoms with E-state index >= 15 is 0 Å². The number of hydrogen-bond donors (Lipinski definition) is 2. The Labute approximate surface area is 244 Å². The fraction of sp³-hybridized carbons (Fsp3) is 0.419. The summed E-state index contributed by atoms with van der Waals surface area (Å²) in [6.45, 7) is 4.27. The fourth-order valence-electron chi connectivity index (χ4n) is 6.58. The van der Waals surface area contributed by atoms with E-state index in [1.54, 1.807) is 18.2 Å². The number of hydrogen-bond acceptors (Lipinski definition) is 3. The molecular weight excluding hydrogens is 555 g/mol. The predicted octanol–water partition coefficient (Wildman–Crippen LogP) is 8.11. The van der Waals surface area contributed by atoms with E-state index in [-0.39, 0.29) is 36.2 Å². The molecule has 2 aromatic rings. The lowest BCUT2D eigenvalue weighted by atomic mass is 9.57. The van der Waals surface area contributed by atoms with Crippen LogP contribution in [-0.4, -0.2) is 17.9 Å². The molecule has 0 bridgehead atoms. The van der Waals surface area contributed by atoms with Crippen molar-refractivity contribution in [3.8, 4) is 5.75 Å². The van der Waals surface area contributed by atoms with E-state index in [2.05, 4.69) is 30.6 Å². The maximum Gasteiger partial charge on any atom is 0.237 e. The second kappa shape index (κ2) is 11.6. The molecule has 8 heteroatoms. The molecule has 1 spiro atoms. The number of allylic oxidation sites excluding steroid dienone is 4. The first kappa shape index (κ1) is 28.1. The van der Waals surface area contributed by atoms with Gasteiger partial charge in [-0.15, -0.1) is 0 Å². The average Bonchev–Trinajstić information content (AvgIpc) is 3.17. The Morgan fingerprint density at radius 1 is 1.00 bits per heavy atom. The first-order valence-corrected chi connectivity index (χ1v) is 14.8. The van der Waals surface area contributed by atoms with Gasteiger partial charge in [0.15, 0.2) is 0 Å². The second-order valence-electron chi connectivity index (χ2n) is 10.7. The Morgan fingerprint density at radius 2 is 1.72 bits per heavy atom. The summed E-state index contributed by atoms with van der Waals surface area (Å²) in [7, 11) is 0. The highest BCUT2D eigenvalue weighted by molar-refractivity contribution is 6.31. The maximum atomic E-state index is 14.3. The number of nitrogens with one attached hydrogen (secondary N) is 2. The molecule has 39 heavy (non-hydrogen) atoms. The van der Waals surface area contributed by atoms with Crippen molar-refractivity contribution in [2.24, 2.45) is 11.8 Å². The van der Waals surface area contributed by atoms with Crippen molar-refractivity contribution in [1.82, 2.24) is 5.32 Å². The van der Waals surface area contributed by atoms with Crippen molar-refractivity contribution in [1.29, 1.82) is 0 Å². The summed E-state index contributed by atoms with van der Waals surface area (Å²) in [4.78, 5) is 27.7. The number of fused-ring (bicyclic) bond motifs is 2. The van der Waals surface area contributed by atoms with E-state index in [1.165, 1.54) is 0 Å². The van der Waals surface area contributed by atoms with Gasteiger partial charge >= 0.3 is 0 Å². The molecular formula is C31H33Cl3N2O3. The van der Waals surface area contributed by atoms with E-state index in [1.807, 2.05) is 30.4 Å². The summed E-state index contributed by atoms with van der Waals surface area (Å²) < 4.78 is 6.61. The number of carbonyl (C=O) groups is 2. The Kier molecular flexibility index (Phi) is 8.32. The molecule has 3 aliphatic rings. The Bertz CT molecular complexity index is 1330. The van der Waals surface area contributed by atoms with Gasteiger partial charge in [-0.3, -0.25) is 9.59 Å². The van der Waals surface area contributed by atoms with Crippen LogP contribution in [0.5, 0.6) is 5.75 Å². The number of carbonyl (C=O) groups excluding carboxylic acids is 2. The lowest BCUT2D eigenvalue weighted by Gasteiger charge is -2.49. The van der Waals surface area contributed by atoms with Gasteiger partial charge in [-0.25, -0.2) is 0 Å². The van der Waals surface area contributed by atoms with Crippen molar-refractivity contribution in [2.75, 3.05) is 5.32 Å². The molecule has 2 N–H and O–H groups in total. The number of amides is 2. The molecule has 2 aliphatic heterocycles. The third kappa shape index (κ3) is 5.21. The summed E-state index contributed by atoms with van der Waals surface area (Å²) in [6.07, 6.45) is 10.3. The van der Waals surface area contributed by atoms with Crippen LogP contribution in [0.1, 0.15) is 69.5 Å². The third-order valence-electron chi connectivity index (χ3n) is 8.18. The highest BCUT2D eigenvalue weighted by Gasteiger charge is 2.62. The standard InChI is InChI=1S/C31H33Cl3N2O3/c1-3-6-22(7-4-2)39-27-13-11-20(33)15-23(27)29-31(24-12-10-21(34)16-26(24)35-30(31)38)25(17-28(37)36-29)18-8-5-9-19(32)14-18/h5,8-13,15-16,18,22,25,29H,3-4,6-7,14,17H2,1-2H3,(H,35,38)(H,36,37)/t18?,25-,29+,31-/m0/s1. The molecule has 1 fully saturated rings. The van der Waals surface area contributed by atoms with Gasteiger partial charge in [0.2, 0.25) is 11.8 Å². The van der Waals surface area contributed by atoms with Crippen molar-refractivity contribution in [3.63, 3.8) is 0 Å². The SMILES string of the molecule is CCCC(CCC)Oc1ccc(Cl)cc1[C@H]1NC(=O)C[C@@H](C2C=CC=C(Cl)C2)[C@]12C(=O)Nc1cc(Cl)ccc12. The average molecular weight is 588 g/mol. The summed E-state index contributed by atoms with van der Waals surface area (Å²) in [5, 5.41) is 8.01. The van der Waals surface area contributed by atoms with Gasteiger partial charge in [-0.2, -0.15) is 0 Å². The van der Waals surface area contributed by atoms with Gasteiger partial charge in [-0.1, -0.05) is 79.7 Å². The monoisotopic (exact) mass is 586 g/mol. The Hall–Kier alpha value is -2.47. The van der Waals surface area contributed by atoms with Gasteiger partial charge in [0, 0.05) is 32.7 Å². The molecule has 1 aliphatic carbocycles. The van der Waals surface area contributed by atoms with Crippen LogP contribution in [0.25, 0.3) is 0 Å². The third-order valence-corrected chi connectivity index (χ3v) is 8.93. The van der Waals surface area contributed by atoms with Crippen LogP contribution < -0.4 is 15.4 Å². The second-order valence-corrected chi connectivity index (χ2v) is 12.0. The molecule has 0 aromatic heterocycles. The first-order valence-electron chi connectivity index (χ1n) is 13.7. The Morgan fingerprint density at radius 3 is 2.44 bits per heavy atom. The highest BCUT2D eigenvalue weighted by Crippen LogP contribution is 2.58. The molecule has 2 heterocycles. The summed E-state index contributed by atoms with van der Waals surface area (Å²) in [5.41, 5.74) is 1.01. The van der Waals surface area contributed by atoms with Crippen LogP contribution >= 0.6 is 34.8 Å². The molecule has 1 unspecified atom stereocenters. The number of halogens is 3. The van der Waals surface area contributed by atoms with Crippen molar-refractivity contribution in [2.45, 2.75) is 69.9 Å². The molecule has 0 saturated carbocycles. The number of rotatable bonds is 8. The maximum absolute atomic E-state index is 14.3. The minimum absolute atomic E-state index is 0.0136. The topological polar surface area (TPSA) is 67.4 Å². The fourth-order valence-corrected chi connectivity index (χ4v) is 7.19. The molecule has 5 rings (SSSR count). The van der Waals surface area contributed by atoms with Crippen molar-refractivity contribution >= 4 is 52.3 Å². The molecule has 5 nitrogen and oxygen atoms in total. The molecule has 4 atom stereocenters. The highest BCUT2D eigenvalue weighted by atomic mass is 35.5. The molecule has 0 radical (unpaired) electrons. The lowest BCUT2D eigenvalue weighted by molar-refractivity contribution is -0.135. The zero-order chi connectivity index (χ0) is 27.7. The molecule has 2 amide bonds. The van der Waals surface area contributed by atoms with Crippen LogP contribution in [-0.2, 0) is 15.0 Å². The largest absolute Gasteiger partial charge is 0.490 e. The van der Waals surface area contributed by atoms with Gasteiger partial charge in [0.25, 0.3) is 0 Å². The zero-order valence-electron chi connectivity index (χ0n) is 22.1. The van der Waals surface area contributed by atoms with Crippen molar-refractivity contribution < 1.29 is 14.3 Å². The number of ether oxygens (including phenoxy) is 1. The van der Waals surface area contributed by atoms with Crippen LogP contribution in [0, 0.1) is 11.8 Å². The number of benzene rings is 2. The quantitative estimate of drug-likeness (QED) is 0.328. The van der Waals surface area contributed by atoms with Gasteiger partial charge in [0.1, 0.15) is 11.2 Å². The van der Waals surface area contributed by atoms with Crippen LogP contribution in [0.15, 0.2) is 59.7 Å². The smallest absolute Gasteiger partial charge is 0.237 e. The molecule has 2 aromatic carbocycles. The van der Waals surface area contributed by atoms with Crippen molar-refractivity contribution in [3.05, 3.63) is 80.8 Å². The lowest BCUT2D eigenvalue weighted by Crippen LogP contribution is -2.59. The summed E-state index contributed by atoms with van der Waals surface area (Å²) in [5.74, 6) is -0.178. The normalized spacial score (nSPS) is 25.9. The van der Waals surface area contributed by atoms with Crippen LogP contribution in [0.4, 0.5) is 5.69 Å². The van der Waals surface area contributed by atoms with Crippen LogP contribution in [0.3, 0.4) is 0 Å².